The fourth-order valence-corrected chi connectivity index (χ4v) is 4.78. The number of rotatable bonds is 3. The van der Waals surface area contributed by atoms with Crippen LogP contribution in [0.25, 0.3) is 21.2 Å². The monoisotopic (exact) mass is 394 g/mol. The van der Waals surface area contributed by atoms with Gasteiger partial charge in [-0.3, -0.25) is 9.59 Å². The molecule has 5 nitrogen and oxygen atoms in total. The first-order chi connectivity index (χ1) is 13.5. The summed E-state index contributed by atoms with van der Waals surface area (Å²) < 4.78 is 0. The molecule has 0 unspecified atom stereocenters. The molecule has 0 radical (unpaired) electrons. The molecule has 0 saturated carbocycles. The molecular formula is C22H22N2O3S. The number of benzene rings is 2. The molecule has 1 amide bonds. The lowest BCUT2D eigenvalue weighted by Gasteiger charge is -2.32. The molecule has 0 bridgehead atoms. The summed E-state index contributed by atoms with van der Waals surface area (Å²) in [6.45, 7) is 5.34. The Kier molecular flexibility index (Phi) is 4.91. The SMILES string of the molecule is Cc1cc(C(=O)N2CCN(C)CC2)sc1-c1ccc2c(C=O)c(O)ccc2c1. The number of hydrogen-bond acceptors (Lipinski definition) is 5. The lowest BCUT2D eigenvalue weighted by molar-refractivity contribution is 0.0669. The van der Waals surface area contributed by atoms with E-state index in [2.05, 4.69) is 11.9 Å². The third-order valence-electron chi connectivity index (χ3n) is 5.34. The quantitative estimate of drug-likeness (QED) is 0.687. The highest BCUT2D eigenvalue weighted by molar-refractivity contribution is 7.17. The summed E-state index contributed by atoms with van der Waals surface area (Å²) in [4.78, 5) is 30.2. The average molecular weight is 394 g/mol. The standard InChI is InChI=1S/C22H22N2O3S/c1-14-11-20(22(27)24-9-7-23(2)8-10-24)28-21(14)16-3-5-17-15(12-16)4-6-19(26)18(17)13-25/h3-6,11-13,26H,7-10H2,1-2H3. The first kappa shape index (κ1) is 18.7. The number of hydrogen-bond donors (Lipinski definition) is 1. The minimum Gasteiger partial charge on any atom is -0.507 e. The van der Waals surface area contributed by atoms with Gasteiger partial charge >= 0.3 is 0 Å². The molecule has 1 saturated heterocycles. The van der Waals surface area contributed by atoms with Crippen molar-refractivity contribution in [3.63, 3.8) is 0 Å². The molecule has 1 aliphatic rings. The number of aromatic hydroxyl groups is 1. The summed E-state index contributed by atoms with van der Waals surface area (Å²) in [6, 6.07) is 11.1. The molecule has 0 atom stereocenters. The van der Waals surface area contributed by atoms with Gasteiger partial charge in [-0.1, -0.05) is 18.2 Å². The van der Waals surface area contributed by atoms with E-state index in [1.165, 1.54) is 11.3 Å². The van der Waals surface area contributed by atoms with Crippen LogP contribution in [0.5, 0.6) is 5.75 Å². The van der Waals surface area contributed by atoms with Crippen molar-refractivity contribution in [3.05, 3.63) is 52.4 Å². The van der Waals surface area contributed by atoms with Gasteiger partial charge in [0, 0.05) is 31.1 Å². The van der Waals surface area contributed by atoms with Gasteiger partial charge in [-0.2, -0.15) is 0 Å². The Morgan fingerprint density at radius 1 is 1.11 bits per heavy atom. The van der Waals surface area contributed by atoms with Crippen molar-refractivity contribution in [2.45, 2.75) is 6.92 Å². The Morgan fingerprint density at radius 3 is 2.57 bits per heavy atom. The van der Waals surface area contributed by atoms with Crippen molar-refractivity contribution in [2.24, 2.45) is 0 Å². The van der Waals surface area contributed by atoms with Gasteiger partial charge in [0.1, 0.15) is 5.75 Å². The van der Waals surface area contributed by atoms with Gasteiger partial charge in [0.2, 0.25) is 0 Å². The molecule has 144 valence electrons. The number of fused-ring (bicyclic) bond motifs is 1. The number of nitrogens with zero attached hydrogens (tertiary/aromatic N) is 2. The van der Waals surface area contributed by atoms with Crippen molar-refractivity contribution in [2.75, 3.05) is 33.2 Å². The van der Waals surface area contributed by atoms with Gasteiger partial charge in [-0.15, -0.1) is 11.3 Å². The van der Waals surface area contributed by atoms with Gasteiger partial charge in [-0.05, 0) is 54.1 Å². The Bertz CT molecular complexity index is 1070. The number of piperazine rings is 1. The number of phenolic OH excluding ortho intramolecular Hbond substituents is 1. The second-order valence-corrected chi connectivity index (χ2v) is 8.32. The maximum absolute atomic E-state index is 12.9. The molecule has 1 N–H and O–H groups in total. The van der Waals surface area contributed by atoms with E-state index in [9.17, 15) is 14.7 Å². The van der Waals surface area contributed by atoms with Crippen LogP contribution in [0.4, 0.5) is 0 Å². The van der Waals surface area contributed by atoms with Crippen LogP contribution in [0.3, 0.4) is 0 Å². The lowest BCUT2D eigenvalue weighted by atomic mass is 10.0. The molecule has 1 fully saturated rings. The molecule has 1 aromatic heterocycles. The van der Waals surface area contributed by atoms with Crippen LogP contribution in [0, 0.1) is 6.92 Å². The Morgan fingerprint density at radius 2 is 1.86 bits per heavy atom. The van der Waals surface area contributed by atoms with Crippen molar-refractivity contribution < 1.29 is 14.7 Å². The summed E-state index contributed by atoms with van der Waals surface area (Å²) in [5, 5.41) is 11.5. The fraction of sp³-hybridized carbons (Fsp3) is 0.273. The number of phenols is 1. The molecule has 3 aromatic rings. The predicted octanol–water partition coefficient (Wildman–Crippen LogP) is 3.78. The predicted molar refractivity (Wildman–Crippen MR) is 112 cm³/mol. The van der Waals surface area contributed by atoms with E-state index in [4.69, 9.17) is 0 Å². The molecule has 1 aliphatic heterocycles. The normalized spacial score (nSPS) is 15.1. The molecule has 6 heteroatoms. The second-order valence-electron chi connectivity index (χ2n) is 7.27. The Hall–Kier alpha value is -2.70. The van der Waals surface area contributed by atoms with Crippen molar-refractivity contribution in [1.29, 1.82) is 0 Å². The summed E-state index contributed by atoms with van der Waals surface area (Å²) >= 11 is 1.51. The van der Waals surface area contributed by atoms with Crippen LogP contribution >= 0.6 is 11.3 Å². The third-order valence-corrected chi connectivity index (χ3v) is 6.61. The number of amides is 1. The average Bonchev–Trinajstić information content (AvgIpc) is 3.09. The summed E-state index contributed by atoms with van der Waals surface area (Å²) in [5.74, 6) is 0.0871. The number of carbonyl (C=O) groups excluding carboxylic acids is 2. The highest BCUT2D eigenvalue weighted by Gasteiger charge is 2.23. The Labute approximate surface area is 167 Å². The van der Waals surface area contributed by atoms with Crippen molar-refractivity contribution in [1.82, 2.24) is 9.80 Å². The zero-order chi connectivity index (χ0) is 19.8. The highest BCUT2D eigenvalue weighted by Crippen LogP contribution is 2.36. The van der Waals surface area contributed by atoms with Crippen molar-refractivity contribution in [3.8, 4) is 16.2 Å². The van der Waals surface area contributed by atoms with Crippen LogP contribution in [-0.2, 0) is 0 Å². The maximum atomic E-state index is 12.9. The van der Waals surface area contributed by atoms with Crippen LogP contribution in [0.15, 0.2) is 36.4 Å². The van der Waals surface area contributed by atoms with Crippen LogP contribution in [-0.4, -0.2) is 60.3 Å². The summed E-state index contributed by atoms with van der Waals surface area (Å²) in [7, 11) is 2.07. The van der Waals surface area contributed by atoms with E-state index < -0.39 is 0 Å². The first-order valence-electron chi connectivity index (χ1n) is 9.27. The molecule has 2 aromatic carbocycles. The van der Waals surface area contributed by atoms with Gasteiger partial charge in [0.15, 0.2) is 6.29 Å². The second kappa shape index (κ2) is 7.37. The molecule has 4 rings (SSSR count). The number of carbonyl (C=O) groups is 2. The van der Waals surface area contributed by atoms with Crippen LogP contribution < -0.4 is 0 Å². The third kappa shape index (κ3) is 3.30. The van der Waals surface area contributed by atoms with Gasteiger partial charge < -0.3 is 14.9 Å². The number of aryl methyl sites for hydroxylation is 1. The molecule has 28 heavy (non-hydrogen) atoms. The molecular weight excluding hydrogens is 372 g/mol. The van der Waals surface area contributed by atoms with E-state index in [0.29, 0.717) is 11.8 Å². The molecule has 0 spiro atoms. The zero-order valence-corrected chi connectivity index (χ0v) is 16.8. The topological polar surface area (TPSA) is 60.9 Å². The van der Waals surface area contributed by atoms with Gasteiger partial charge in [0.05, 0.1) is 10.4 Å². The minimum absolute atomic E-state index is 0.0115. The lowest BCUT2D eigenvalue weighted by Crippen LogP contribution is -2.46. The number of thiophene rings is 1. The van der Waals surface area contributed by atoms with E-state index in [1.54, 1.807) is 12.1 Å². The maximum Gasteiger partial charge on any atom is 0.264 e. The Balaban J connectivity index is 1.67. The van der Waals surface area contributed by atoms with E-state index in [1.807, 2.05) is 36.1 Å². The molecule has 0 aliphatic carbocycles. The summed E-state index contributed by atoms with van der Waals surface area (Å²) in [5.41, 5.74) is 2.38. The van der Waals surface area contributed by atoms with Crippen molar-refractivity contribution >= 4 is 34.3 Å². The van der Waals surface area contributed by atoms with Gasteiger partial charge in [0.25, 0.3) is 5.91 Å². The summed E-state index contributed by atoms with van der Waals surface area (Å²) in [6.07, 6.45) is 0.681. The number of likely N-dealkylation sites (N-methyl/N-ethyl adjacent to an activating group) is 1. The van der Waals surface area contributed by atoms with E-state index >= 15 is 0 Å². The van der Waals surface area contributed by atoms with Crippen LogP contribution in [0.2, 0.25) is 0 Å². The minimum atomic E-state index is -0.0115. The first-order valence-corrected chi connectivity index (χ1v) is 10.1. The molecule has 2 heterocycles. The van der Waals surface area contributed by atoms with Gasteiger partial charge in [-0.25, -0.2) is 0 Å². The van der Waals surface area contributed by atoms with E-state index in [0.717, 1.165) is 57.8 Å². The smallest absolute Gasteiger partial charge is 0.264 e. The van der Waals surface area contributed by atoms with Crippen LogP contribution in [0.1, 0.15) is 25.6 Å². The largest absolute Gasteiger partial charge is 0.507 e. The highest BCUT2D eigenvalue weighted by atomic mass is 32.1. The van der Waals surface area contributed by atoms with E-state index in [-0.39, 0.29) is 11.7 Å². The number of aldehydes is 1. The fourth-order valence-electron chi connectivity index (χ4n) is 3.65. The zero-order valence-electron chi connectivity index (χ0n) is 15.9.